The number of amides is 1. The third-order valence-electron chi connectivity index (χ3n) is 2.70. The van der Waals surface area contributed by atoms with E-state index in [1.807, 2.05) is 0 Å². The maximum absolute atomic E-state index is 12.0. The first-order valence-electron chi connectivity index (χ1n) is 6.28. The number of hydrogen-bond donors (Lipinski definition) is 1. The fraction of sp³-hybridized carbons (Fsp3) is 0.500. The molecule has 2 atom stereocenters. The van der Waals surface area contributed by atoms with Crippen molar-refractivity contribution in [3.05, 3.63) is 29.8 Å². The highest BCUT2D eigenvalue weighted by atomic mass is 32.2. The van der Waals surface area contributed by atoms with Crippen molar-refractivity contribution in [1.29, 1.82) is 0 Å². The Morgan fingerprint density at radius 3 is 2.50 bits per heavy atom. The van der Waals surface area contributed by atoms with Crippen LogP contribution >= 0.6 is 0 Å². The Labute approximate surface area is 122 Å². The highest BCUT2D eigenvalue weighted by Gasteiger charge is 2.21. The largest absolute Gasteiger partial charge is 0.443 e. The van der Waals surface area contributed by atoms with Crippen molar-refractivity contribution in [2.45, 2.75) is 38.5 Å². The second-order valence-electron chi connectivity index (χ2n) is 5.55. The molecule has 1 aromatic carbocycles. The van der Waals surface area contributed by atoms with Gasteiger partial charge in [0.1, 0.15) is 5.60 Å². The number of rotatable bonds is 3. The van der Waals surface area contributed by atoms with E-state index in [0.29, 0.717) is 11.3 Å². The first-order chi connectivity index (χ1) is 9.11. The summed E-state index contributed by atoms with van der Waals surface area (Å²) >= 11 is -1.94. The Bertz CT molecular complexity index is 510. The van der Waals surface area contributed by atoms with Gasteiger partial charge in [0.05, 0.1) is 5.25 Å². The van der Waals surface area contributed by atoms with Crippen molar-refractivity contribution < 1.29 is 18.3 Å². The van der Waals surface area contributed by atoms with Gasteiger partial charge in [-0.2, -0.15) is 0 Å². The molecule has 20 heavy (non-hydrogen) atoms. The molecule has 6 heteroatoms. The van der Waals surface area contributed by atoms with E-state index in [2.05, 4.69) is 0 Å². The number of hydrogen-bond acceptors (Lipinski definition) is 3. The monoisotopic (exact) mass is 299 g/mol. The smallest absolute Gasteiger partial charge is 0.414 e. The van der Waals surface area contributed by atoms with Crippen molar-refractivity contribution in [3.8, 4) is 0 Å². The van der Waals surface area contributed by atoms with Gasteiger partial charge in [0.2, 0.25) is 0 Å². The van der Waals surface area contributed by atoms with Crippen LogP contribution in [-0.4, -0.2) is 27.5 Å². The van der Waals surface area contributed by atoms with Gasteiger partial charge < -0.3 is 9.29 Å². The molecule has 0 bridgehead atoms. The maximum Gasteiger partial charge on any atom is 0.414 e. The molecule has 2 unspecified atom stereocenters. The topological polar surface area (TPSA) is 66.8 Å². The number of anilines is 1. The summed E-state index contributed by atoms with van der Waals surface area (Å²) in [5.74, 6) is 0. The Balaban J connectivity index is 2.94. The maximum atomic E-state index is 12.0. The first-order valence-corrected chi connectivity index (χ1v) is 7.45. The lowest BCUT2D eigenvalue weighted by Crippen LogP contribution is -2.34. The van der Waals surface area contributed by atoms with Crippen molar-refractivity contribution in [3.63, 3.8) is 0 Å². The summed E-state index contributed by atoms with van der Waals surface area (Å²) < 4.78 is 25.5. The predicted molar refractivity (Wildman–Crippen MR) is 80.3 cm³/mol. The van der Waals surface area contributed by atoms with Crippen LogP contribution in [0.2, 0.25) is 0 Å². The molecule has 0 aromatic heterocycles. The van der Waals surface area contributed by atoms with Crippen LogP contribution in [0.5, 0.6) is 0 Å². The number of carbonyl (C=O) groups excluding carboxylic acids is 1. The number of nitrogens with zero attached hydrogens (tertiary/aromatic N) is 1. The molecular formula is C14H21NO4S. The lowest BCUT2D eigenvalue weighted by Gasteiger charge is -2.25. The number of carbonyl (C=O) groups is 1. The molecule has 0 fully saturated rings. The number of benzene rings is 1. The van der Waals surface area contributed by atoms with Crippen molar-refractivity contribution in [2.75, 3.05) is 11.9 Å². The van der Waals surface area contributed by atoms with Gasteiger partial charge in [-0.15, -0.1) is 0 Å². The Morgan fingerprint density at radius 2 is 2.00 bits per heavy atom. The first kappa shape index (κ1) is 16.7. The average Bonchev–Trinajstić information content (AvgIpc) is 2.35. The van der Waals surface area contributed by atoms with Crippen LogP contribution in [-0.2, 0) is 15.8 Å². The predicted octanol–water partition coefficient (Wildman–Crippen LogP) is 3.34. The van der Waals surface area contributed by atoms with Gasteiger partial charge in [-0.1, -0.05) is 12.1 Å². The summed E-state index contributed by atoms with van der Waals surface area (Å²) in [5.41, 5.74) is 0.746. The van der Waals surface area contributed by atoms with Crippen LogP contribution in [0.4, 0.5) is 10.5 Å². The molecule has 0 heterocycles. The molecule has 0 aliphatic heterocycles. The minimum Gasteiger partial charge on any atom is -0.443 e. The Kier molecular flexibility index (Phi) is 5.30. The molecule has 112 valence electrons. The van der Waals surface area contributed by atoms with Crippen molar-refractivity contribution in [2.24, 2.45) is 0 Å². The molecule has 0 radical (unpaired) electrons. The highest BCUT2D eigenvalue weighted by molar-refractivity contribution is 7.79. The van der Waals surface area contributed by atoms with Gasteiger partial charge in [-0.3, -0.25) is 4.90 Å². The van der Waals surface area contributed by atoms with E-state index in [1.54, 1.807) is 59.0 Å². The lowest BCUT2D eigenvalue weighted by atomic mass is 10.1. The van der Waals surface area contributed by atoms with Crippen molar-refractivity contribution >= 4 is 22.9 Å². The second kappa shape index (κ2) is 6.37. The highest BCUT2D eigenvalue weighted by Crippen LogP contribution is 2.24. The zero-order valence-corrected chi connectivity index (χ0v) is 13.2. The van der Waals surface area contributed by atoms with Gasteiger partial charge in [-0.25, -0.2) is 9.00 Å². The van der Waals surface area contributed by atoms with Crippen LogP contribution in [0.25, 0.3) is 0 Å². The standard InChI is InChI=1S/C14H21NO4S/c1-10(20(17)18)11-7-6-8-12(9-11)15(5)13(16)19-14(2,3)4/h6-10H,1-5H3,(H,17,18). The molecule has 0 saturated heterocycles. The van der Waals surface area contributed by atoms with Gasteiger partial charge in [0.25, 0.3) is 0 Å². The molecule has 1 aromatic rings. The van der Waals surface area contributed by atoms with Gasteiger partial charge in [0.15, 0.2) is 11.1 Å². The zero-order chi connectivity index (χ0) is 15.5. The van der Waals surface area contributed by atoms with Crippen LogP contribution < -0.4 is 4.90 Å². The summed E-state index contributed by atoms with van der Waals surface area (Å²) in [6.45, 7) is 7.05. The van der Waals surface area contributed by atoms with E-state index in [9.17, 15) is 9.00 Å². The molecule has 0 aliphatic rings. The fourth-order valence-corrected chi connectivity index (χ4v) is 1.92. The molecule has 0 aliphatic carbocycles. The molecular weight excluding hydrogens is 278 g/mol. The van der Waals surface area contributed by atoms with E-state index in [0.717, 1.165) is 0 Å². The molecule has 1 amide bonds. The minimum absolute atomic E-state index is 0.465. The minimum atomic E-state index is -1.94. The van der Waals surface area contributed by atoms with Crippen LogP contribution in [0.1, 0.15) is 38.5 Å². The third kappa shape index (κ3) is 4.61. The normalized spacial score (nSPS) is 14.5. The SMILES string of the molecule is CC(c1cccc(N(C)C(=O)OC(C)(C)C)c1)S(=O)O. The zero-order valence-electron chi connectivity index (χ0n) is 12.4. The Hall–Kier alpha value is -1.40. The van der Waals surface area contributed by atoms with Crippen LogP contribution in [0.15, 0.2) is 24.3 Å². The number of ether oxygens (including phenoxy) is 1. The summed E-state index contributed by atoms with van der Waals surface area (Å²) in [7, 11) is 1.60. The summed E-state index contributed by atoms with van der Waals surface area (Å²) in [4.78, 5) is 13.3. The average molecular weight is 299 g/mol. The van der Waals surface area contributed by atoms with Gasteiger partial charge >= 0.3 is 6.09 Å². The molecule has 5 nitrogen and oxygen atoms in total. The Morgan fingerprint density at radius 1 is 1.40 bits per heavy atom. The van der Waals surface area contributed by atoms with Crippen molar-refractivity contribution in [1.82, 2.24) is 0 Å². The summed E-state index contributed by atoms with van der Waals surface area (Å²) in [6.07, 6.45) is -0.465. The van der Waals surface area contributed by atoms with E-state index in [-0.39, 0.29) is 0 Å². The molecule has 1 rings (SSSR count). The lowest BCUT2D eigenvalue weighted by molar-refractivity contribution is 0.0589. The van der Waals surface area contributed by atoms with E-state index in [1.165, 1.54) is 4.90 Å². The van der Waals surface area contributed by atoms with Crippen LogP contribution in [0.3, 0.4) is 0 Å². The molecule has 0 spiro atoms. The second-order valence-corrected chi connectivity index (χ2v) is 6.81. The fourth-order valence-electron chi connectivity index (χ4n) is 1.54. The molecule has 1 N–H and O–H groups in total. The summed E-state index contributed by atoms with van der Waals surface area (Å²) in [5, 5.41) is -0.512. The van der Waals surface area contributed by atoms with E-state index >= 15 is 0 Å². The van der Waals surface area contributed by atoms with Crippen LogP contribution in [0, 0.1) is 0 Å². The summed E-state index contributed by atoms with van der Waals surface area (Å²) in [6, 6.07) is 6.96. The van der Waals surface area contributed by atoms with Gasteiger partial charge in [-0.05, 0) is 45.4 Å². The molecule has 0 saturated carbocycles. The quantitative estimate of drug-likeness (QED) is 0.869. The van der Waals surface area contributed by atoms with E-state index < -0.39 is 28.0 Å². The third-order valence-corrected chi connectivity index (χ3v) is 3.57. The van der Waals surface area contributed by atoms with E-state index in [4.69, 9.17) is 9.29 Å². The van der Waals surface area contributed by atoms with Gasteiger partial charge in [0, 0.05) is 12.7 Å².